The lowest BCUT2D eigenvalue weighted by molar-refractivity contribution is -0.0498. The summed E-state index contributed by atoms with van der Waals surface area (Å²) < 4.78 is 78.8. The van der Waals surface area contributed by atoms with Crippen LogP contribution in [0.5, 0.6) is 5.75 Å². The third-order valence-electron chi connectivity index (χ3n) is 3.45. The van der Waals surface area contributed by atoms with Crippen LogP contribution >= 0.6 is 11.6 Å². The number of hydrogen-bond acceptors (Lipinski definition) is 5. The van der Waals surface area contributed by atoms with Crippen molar-refractivity contribution in [2.75, 3.05) is 0 Å². The largest absolute Gasteiger partial charge is 0.433 e. The molecule has 0 amide bonds. The molecule has 0 heterocycles. The van der Waals surface area contributed by atoms with Gasteiger partial charge in [0.25, 0.3) is 0 Å². The second kappa shape index (κ2) is 8.07. The van der Waals surface area contributed by atoms with Crippen LogP contribution in [0.4, 0.5) is 8.78 Å². The summed E-state index contributed by atoms with van der Waals surface area (Å²) >= 11 is 5.77. The van der Waals surface area contributed by atoms with Crippen molar-refractivity contribution < 1.29 is 30.4 Å². The molecule has 7 nitrogen and oxygen atoms in total. The zero-order chi connectivity index (χ0) is 20.4. The maximum atomic E-state index is 12.5. The molecule has 0 spiro atoms. The lowest BCUT2D eigenvalue weighted by Gasteiger charge is -2.16. The summed E-state index contributed by atoms with van der Waals surface area (Å²) in [6.45, 7) is -1.61. The van der Waals surface area contributed by atoms with Crippen LogP contribution in [0.15, 0.2) is 52.3 Å². The molecule has 0 aliphatic rings. The smallest absolute Gasteiger partial charge is 0.387 e. The van der Waals surface area contributed by atoms with Gasteiger partial charge in [0.15, 0.2) is 0 Å². The Kier molecular flexibility index (Phi) is 6.43. The van der Waals surface area contributed by atoms with Crippen molar-refractivity contribution in [2.45, 2.75) is 29.4 Å². The van der Waals surface area contributed by atoms with E-state index in [-0.39, 0.29) is 20.6 Å². The van der Waals surface area contributed by atoms with Crippen molar-refractivity contribution in [3.05, 3.63) is 53.1 Å². The molecule has 0 fully saturated rings. The fraction of sp³-hybridized carbons (Fsp3) is 0.200. The van der Waals surface area contributed by atoms with Crippen LogP contribution in [0, 0.1) is 0 Å². The van der Waals surface area contributed by atoms with Crippen LogP contribution in [0.1, 0.15) is 18.5 Å². The quantitative estimate of drug-likeness (QED) is 0.686. The molecule has 0 aliphatic carbocycles. The third kappa shape index (κ3) is 5.59. The Balaban J connectivity index is 2.27. The van der Waals surface area contributed by atoms with Crippen LogP contribution < -0.4 is 14.6 Å². The maximum Gasteiger partial charge on any atom is 0.387 e. The Hall–Kier alpha value is -1.79. The molecule has 0 saturated carbocycles. The van der Waals surface area contributed by atoms with Gasteiger partial charge in [-0.3, -0.25) is 0 Å². The summed E-state index contributed by atoms with van der Waals surface area (Å²) in [5.74, 6) is -0.362. The van der Waals surface area contributed by atoms with E-state index in [4.69, 9.17) is 16.7 Å². The fourth-order valence-corrected chi connectivity index (χ4v) is 4.29. The van der Waals surface area contributed by atoms with Crippen LogP contribution in [0.2, 0.25) is 5.02 Å². The van der Waals surface area contributed by atoms with E-state index in [2.05, 4.69) is 9.46 Å². The number of nitrogens with two attached hydrogens (primary N) is 1. The zero-order valence-corrected chi connectivity index (χ0v) is 16.2. The predicted octanol–water partition coefficient (Wildman–Crippen LogP) is 2.63. The van der Waals surface area contributed by atoms with Crippen molar-refractivity contribution in [2.24, 2.45) is 5.14 Å². The molecule has 12 heteroatoms. The van der Waals surface area contributed by atoms with Gasteiger partial charge in [-0.15, -0.1) is 0 Å². The van der Waals surface area contributed by atoms with Gasteiger partial charge in [-0.25, -0.2) is 26.7 Å². The fourth-order valence-electron chi connectivity index (χ4n) is 2.17. The Morgan fingerprint density at radius 3 is 2.30 bits per heavy atom. The number of hydrogen-bond donors (Lipinski definition) is 2. The van der Waals surface area contributed by atoms with Crippen molar-refractivity contribution in [3.8, 4) is 5.75 Å². The number of alkyl halides is 2. The minimum Gasteiger partial charge on any atom is -0.433 e. The first-order valence-electron chi connectivity index (χ1n) is 7.29. The molecule has 27 heavy (non-hydrogen) atoms. The number of primary sulfonamides is 1. The van der Waals surface area contributed by atoms with E-state index in [0.29, 0.717) is 5.56 Å². The summed E-state index contributed by atoms with van der Waals surface area (Å²) in [6, 6.07) is 7.69. The van der Waals surface area contributed by atoms with E-state index in [1.165, 1.54) is 31.2 Å². The number of benzene rings is 2. The highest BCUT2D eigenvalue weighted by molar-refractivity contribution is 7.89. The van der Waals surface area contributed by atoms with E-state index in [0.717, 1.165) is 18.2 Å². The first-order chi connectivity index (χ1) is 12.4. The summed E-state index contributed by atoms with van der Waals surface area (Å²) in [5.41, 5.74) is 0.355. The standard InChI is InChI=1S/C15H15ClF2N2O5S2/c1-9(10-3-2-4-11(7-10)26(19,21)22)20-27(23,24)12-5-6-14(13(16)8-12)25-15(17)18/h2-9,15,20H,1H3,(H2,19,21,22). The Morgan fingerprint density at radius 1 is 1.07 bits per heavy atom. The van der Waals surface area contributed by atoms with Crippen LogP contribution in [0.25, 0.3) is 0 Å². The lowest BCUT2D eigenvalue weighted by Crippen LogP contribution is -2.27. The van der Waals surface area contributed by atoms with E-state index >= 15 is 0 Å². The Bertz CT molecular complexity index is 1050. The Morgan fingerprint density at radius 2 is 1.74 bits per heavy atom. The number of halogens is 3. The molecule has 2 aromatic rings. The van der Waals surface area contributed by atoms with Gasteiger partial charge in [0.05, 0.1) is 14.8 Å². The molecule has 148 valence electrons. The second-order valence-corrected chi connectivity index (χ2v) is 9.11. The minimum absolute atomic E-state index is 0.164. The highest BCUT2D eigenvalue weighted by Gasteiger charge is 2.21. The van der Waals surface area contributed by atoms with Crippen molar-refractivity contribution >= 4 is 31.6 Å². The average molecular weight is 441 g/mol. The van der Waals surface area contributed by atoms with E-state index in [9.17, 15) is 25.6 Å². The van der Waals surface area contributed by atoms with Crippen LogP contribution in [-0.2, 0) is 20.0 Å². The molecule has 0 radical (unpaired) electrons. The molecular formula is C15H15ClF2N2O5S2. The van der Waals surface area contributed by atoms with Gasteiger partial charge in [0.2, 0.25) is 20.0 Å². The normalized spacial score (nSPS) is 13.6. The molecule has 0 aromatic heterocycles. The van der Waals surface area contributed by atoms with Gasteiger partial charge in [-0.1, -0.05) is 23.7 Å². The highest BCUT2D eigenvalue weighted by Crippen LogP contribution is 2.29. The molecule has 3 N–H and O–H groups in total. The van der Waals surface area contributed by atoms with Crippen molar-refractivity contribution in [1.82, 2.24) is 4.72 Å². The van der Waals surface area contributed by atoms with Crippen LogP contribution in [0.3, 0.4) is 0 Å². The molecule has 2 rings (SSSR count). The van der Waals surface area contributed by atoms with Gasteiger partial charge in [0.1, 0.15) is 5.75 Å². The first kappa shape index (κ1) is 21.5. The van der Waals surface area contributed by atoms with Gasteiger partial charge in [-0.05, 0) is 42.8 Å². The topological polar surface area (TPSA) is 116 Å². The molecule has 0 saturated heterocycles. The minimum atomic E-state index is -4.08. The highest BCUT2D eigenvalue weighted by atomic mass is 35.5. The van der Waals surface area contributed by atoms with Gasteiger partial charge in [0, 0.05) is 6.04 Å². The average Bonchev–Trinajstić information content (AvgIpc) is 2.55. The summed E-state index contributed by atoms with van der Waals surface area (Å²) in [4.78, 5) is -0.439. The monoisotopic (exact) mass is 440 g/mol. The molecule has 0 aliphatic heterocycles. The molecule has 0 bridgehead atoms. The number of nitrogens with one attached hydrogen (secondary N) is 1. The second-order valence-electron chi connectivity index (χ2n) is 5.43. The zero-order valence-electron chi connectivity index (χ0n) is 13.8. The third-order valence-corrected chi connectivity index (χ3v) is 6.19. The van der Waals surface area contributed by atoms with Crippen molar-refractivity contribution in [1.29, 1.82) is 0 Å². The van der Waals surface area contributed by atoms with E-state index in [1.807, 2.05) is 0 Å². The summed E-state index contributed by atoms with van der Waals surface area (Å²) in [6.07, 6.45) is 0. The SMILES string of the molecule is CC(NS(=O)(=O)c1ccc(OC(F)F)c(Cl)c1)c1cccc(S(N)(=O)=O)c1. The molecule has 1 atom stereocenters. The van der Waals surface area contributed by atoms with E-state index in [1.54, 1.807) is 0 Å². The Labute approximate surface area is 160 Å². The van der Waals surface area contributed by atoms with E-state index < -0.39 is 32.7 Å². The molecular weight excluding hydrogens is 426 g/mol. The molecule has 2 aromatic carbocycles. The van der Waals surface area contributed by atoms with Gasteiger partial charge >= 0.3 is 6.61 Å². The number of ether oxygens (including phenoxy) is 1. The predicted molar refractivity (Wildman–Crippen MR) is 94.6 cm³/mol. The number of rotatable bonds is 7. The maximum absolute atomic E-state index is 12.5. The number of sulfonamides is 2. The first-order valence-corrected chi connectivity index (χ1v) is 10.7. The molecule has 1 unspecified atom stereocenters. The van der Waals surface area contributed by atoms with Crippen LogP contribution in [-0.4, -0.2) is 23.4 Å². The van der Waals surface area contributed by atoms with Gasteiger partial charge in [-0.2, -0.15) is 8.78 Å². The van der Waals surface area contributed by atoms with Gasteiger partial charge < -0.3 is 4.74 Å². The summed E-state index contributed by atoms with van der Waals surface area (Å²) in [5, 5.41) is 4.76. The van der Waals surface area contributed by atoms with Crippen molar-refractivity contribution in [3.63, 3.8) is 0 Å². The summed E-state index contributed by atoms with van der Waals surface area (Å²) in [7, 11) is -8.03. The lowest BCUT2D eigenvalue weighted by atomic mass is 10.1.